The van der Waals surface area contributed by atoms with Gasteiger partial charge < -0.3 is 5.32 Å². The number of pyridine rings is 1. The number of amides is 1. The standard InChI is InChI=1S/C19H17N7O/c1-13-11-23-17(12-22-13)19(27)21-8-4-15-10-18-24-16(5-9-26(18)25-15)14-2-6-20-7-3-14/h2-3,5-7,9-12H,4,8H2,1H3,(H,21,27). The number of nitrogens with one attached hydrogen (secondary N) is 1. The van der Waals surface area contributed by atoms with Gasteiger partial charge in [0.1, 0.15) is 5.69 Å². The molecule has 0 unspecified atom stereocenters. The molecule has 4 aromatic heterocycles. The van der Waals surface area contributed by atoms with E-state index in [0.717, 1.165) is 28.3 Å². The Morgan fingerprint density at radius 2 is 2.00 bits per heavy atom. The Balaban J connectivity index is 1.42. The largest absolute Gasteiger partial charge is 0.350 e. The van der Waals surface area contributed by atoms with E-state index in [1.165, 1.54) is 6.20 Å². The summed E-state index contributed by atoms with van der Waals surface area (Å²) in [5.41, 5.74) is 4.55. The minimum absolute atomic E-state index is 0.246. The van der Waals surface area contributed by atoms with Gasteiger partial charge in [0, 0.05) is 49.4 Å². The maximum atomic E-state index is 12.1. The molecule has 8 heteroatoms. The van der Waals surface area contributed by atoms with Gasteiger partial charge in [-0.25, -0.2) is 14.5 Å². The van der Waals surface area contributed by atoms with Gasteiger partial charge in [0.15, 0.2) is 5.65 Å². The summed E-state index contributed by atoms with van der Waals surface area (Å²) in [5.74, 6) is -0.246. The normalized spacial score (nSPS) is 10.9. The number of fused-ring (bicyclic) bond motifs is 1. The van der Waals surface area contributed by atoms with Crippen molar-refractivity contribution < 1.29 is 4.79 Å². The first kappa shape index (κ1) is 16.8. The highest BCUT2D eigenvalue weighted by molar-refractivity contribution is 5.91. The third-order valence-electron chi connectivity index (χ3n) is 4.03. The average Bonchev–Trinajstić information content (AvgIpc) is 3.11. The van der Waals surface area contributed by atoms with Crippen molar-refractivity contribution in [3.05, 3.63) is 72.3 Å². The molecule has 0 aliphatic heterocycles. The van der Waals surface area contributed by atoms with Gasteiger partial charge in [0.25, 0.3) is 5.91 Å². The Hall–Kier alpha value is -3.68. The van der Waals surface area contributed by atoms with E-state index < -0.39 is 0 Å². The van der Waals surface area contributed by atoms with Crippen LogP contribution in [0.3, 0.4) is 0 Å². The summed E-state index contributed by atoms with van der Waals surface area (Å²) in [7, 11) is 0. The molecule has 27 heavy (non-hydrogen) atoms. The van der Waals surface area contributed by atoms with Crippen LogP contribution in [0.25, 0.3) is 16.9 Å². The molecule has 4 rings (SSSR count). The van der Waals surface area contributed by atoms with Crippen LogP contribution < -0.4 is 5.32 Å². The first-order chi connectivity index (χ1) is 13.2. The zero-order valence-electron chi connectivity index (χ0n) is 14.7. The molecule has 0 saturated heterocycles. The van der Waals surface area contributed by atoms with E-state index in [1.54, 1.807) is 23.1 Å². The smallest absolute Gasteiger partial charge is 0.271 e. The Kier molecular flexibility index (Phi) is 4.52. The van der Waals surface area contributed by atoms with E-state index in [0.29, 0.717) is 18.7 Å². The molecule has 134 valence electrons. The van der Waals surface area contributed by atoms with Gasteiger partial charge in [-0.3, -0.25) is 14.8 Å². The van der Waals surface area contributed by atoms with Crippen LogP contribution in [-0.4, -0.2) is 42.0 Å². The lowest BCUT2D eigenvalue weighted by Gasteiger charge is -2.02. The van der Waals surface area contributed by atoms with Gasteiger partial charge in [-0.2, -0.15) is 5.10 Å². The molecular formula is C19H17N7O. The van der Waals surface area contributed by atoms with Crippen molar-refractivity contribution in [1.29, 1.82) is 0 Å². The number of aryl methyl sites for hydroxylation is 1. The number of carbonyl (C=O) groups excluding carboxylic acids is 1. The highest BCUT2D eigenvalue weighted by atomic mass is 16.1. The van der Waals surface area contributed by atoms with Crippen LogP contribution >= 0.6 is 0 Å². The Bertz CT molecular complexity index is 1070. The van der Waals surface area contributed by atoms with Crippen molar-refractivity contribution in [2.24, 2.45) is 0 Å². The number of rotatable bonds is 5. The van der Waals surface area contributed by atoms with Gasteiger partial charge >= 0.3 is 0 Å². The fraction of sp³-hybridized carbons (Fsp3) is 0.158. The second-order valence-electron chi connectivity index (χ2n) is 6.04. The first-order valence-corrected chi connectivity index (χ1v) is 8.51. The summed E-state index contributed by atoms with van der Waals surface area (Å²) in [6.07, 6.45) is 9.00. The van der Waals surface area contributed by atoms with Crippen molar-refractivity contribution in [3.63, 3.8) is 0 Å². The van der Waals surface area contributed by atoms with Crippen molar-refractivity contribution in [3.8, 4) is 11.3 Å². The lowest BCUT2D eigenvalue weighted by molar-refractivity contribution is 0.0948. The van der Waals surface area contributed by atoms with E-state index in [-0.39, 0.29) is 5.91 Å². The second kappa shape index (κ2) is 7.28. The predicted octanol–water partition coefficient (Wildman–Crippen LogP) is 1.86. The predicted molar refractivity (Wildman–Crippen MR) is 99.0 cm³/mol. The van der Waals surface area contributed by atoms with Crippen molar-refractivity contribution in [2.75, 3.05) is 6.54 Å². The van der Waals surface area contributed by atoms with Crippen LogP contribution in [0.15, 0.2) is 55.2 Å². The van der Waals surface area contributed by atoms with Gasteiger partial charge in [-0.1, -0.05) is 0 Å². The minimum atomic E-state index is -0.246. The van der Waals surface area contributed by atoms with E-state index in [9.17, 15) is 4.79 Å². The summed E-state index contributed by atoms with van der Waals surface area (Å²) in [4.78, 5) is 28.9. The molecular weight excluding hydrogens is 342 g/mol. The number of hydrogen-bond acceptors (Lipinski definition) is 6. The molecule has 0 saturated carbocycles. The third kappa shape index (κ3) is 3.79. The molecule has 0 aromatic carbocycles. The number of nitrogens with zero attached hydrogens (tertiary/aromatic N) is 6. The zero-order valence-corrected chi connectivity index (χ0v) is 14.7. The van der Waals surface area contributed by atoms with Crippen molar-refractivity contribution >= 4 is 11.6 Å². The highest BCUT2D eigenvalue weighted by Gasteiger charge is 2.09. The Morgan fingerprint density at radius 3 is 2.78 bits per heavy atom. The molecule has 0 bridgehead atoms. The molecule has 0 atom stereocenters. The highest BCUT2D eigenvalue weighted by Crippen LogP contribution is 2.16. The number of aromatic nitrogens is 6. The van der Waals surface area contributed by atoms with Crippen LogP contribution in [0.5, 0.6) is 0 Å². The quantitative estimate of drug-likeness (QED) is 0.584. The van der Waals surface area contributed by atoms with Gasteiger partial charge in [0.2, 0.25) is 0 Å². The topological polar surface area (TPSA) is 98.0 Å². The molecule has 8 nitrogen and oxygen atoms in total. The minimum Gasteiger partial charge on any atom is -0.350 e. The molecule has 4 heterocycles. The third-order valence-corrected chi connectivity index (χ3v) is 4.03. The monoisotopic (exact) mass is 359 g/mol. The maximum Gasteiger partial charge on any atom is 0.271 e. The van der Waals surface area contributed by atoms with Crippen LogP contribution in [-0.2, 0) is 6.42 Å². The molecule has 1 N–H and O–H groups in total. The summed E-state index contributed by atoms with van der Waals surface area (Å²) >= 11 is 0. The number of hydrogen-bond donors (Lipinski definition) is 1. The van der Waals surface area contributed by atoms with Crippen molar-refractivity contribution in [2.45, 2.75) is 13.3 Å². The molecule has 0 spiro atoms. The van der Waals surface area contributed by atoms with Crippen LogP contribution in [0.2, 0.25) is 0 Å². The maximum absolute atomic E-state index is 12.1. The molecule has 4 aromatic rings. The molecule has 0 aliphatic carbocycles. The van der Waals surface area contributed by atoms with Crippen LogP contribution in [0.1, 0.15) is 21.9 Å². The fourth-order valence-corrected chi connectivity index (χ4v) is 2.64. The molecule has 1 amide bonds. The Labute approximate surface area is 155 Å². The van der Waals surface area contributed by atoms with E-state index >= 15 is 0 Å². The van der Waals surface area contributed by atoms with Gasteiger partial charge in [-0.15, -0.1) is 0 Å². The lowest BCUT2D eigenvalue weighted by Crippen LogP contribution is -2.26. The first-order valence-electron chi connectivity index (χ1n) is 8.51. The molecule has 0 aliphatic rings. The SMILES string of the molecule is Cc1cnc(C(=O)NCCc2cc3nc(-c4ccncc4)ccn3n2)cn1. The van der Waals surface area contributed by atoms with E-state index in [4.69, 9.17) is 0 Å². The molecule has 0 radical (unpaired) electrons. The number of carbonyl (C=O) groups is 1. The van der Waals surface area contributed by atoms with E-state index in [2.05, 4.69) is 30.4 Å². The van der Waals surface area contributed by atoms with Crippen LogP contribution in [0, 0.1) is 6.92 Å². The van der Waals surface area contributed by atoms with E-state index in [1.807, 2.05) is 37.4 Å². The van der Waals surface area contributed by atoms with Crippen molar-refractivity contribution in [1.82, 2.24) is 34.9 Å². The van der Waals surface area contributed by atoms with Crippen LogP contribution in [0.4, 0.5) is 0 Å². The Morgan fingerprint density at radius 1 is 1.15 bits per heavy atom. The summed E-state index contributed by atoms with van der Waals surface area (Å²) in [6, 6.07) is 7.67. The summed E-state index contributed by atoms with van der Waals surface area (Å²) in [6.45, 7) is 2.28. The molecule has 0 fully saturated rings. The second-order valence-corrected chi connectivity index (χ2v) is 6.04. The van der Waals surface area contributed by atoms with Gasteiger partial charge in [0.05, 0.1) is 23.3 Å². The summed E-state index contributed by atoms with van der Waals surface area (Å²) in [5, 5.41) is 7.32. The summed E-state index contributed by atoms with van der Waals surface area (Å²) < 4.78 is 1.73. The lowest BCUT2D eigenvalue weighted by atomic mass is 10.2. The average molecular weight is 359 g/mol. The zero-order chi connectivity index (χ0) is 18.6. The van der Waals surface area contributed by atoms with Gasteiger partial charge in [-0.05, 0) is 25.1 Å². The fourth-order valence-electron chi connectivity index (χ4n) is 2.64.